The maximum absolute atomic E-state index is 12.3. The van der Waals surface area contributed by atoms with Crippen LogP contribution in [0.15, 0.2) is 65.7 Å². The SMILES string of the molecule is O=c1cc[nH]c2nc(-c3ccccc3)c(-c3cc(Cl)c4[nH]ncc4c3)nc12. The Kier molecular flexibility index (Phi) is 3.51. The van der Waals surface area contributed by atoms with Crippen molar-refractivity contribution >= 4 is 33.7 Å². The first kappa shape index (κ1) is 15.7. The van der Waals surface area contributed by atoms with E-state index in [1.165, 1.54) is 6.07 Å². The van der Waals surface area contributed by atoms with Crippen LogP contribution in [0.5, 0.6) is 0 Å². The second-order valence-corrected chi connectivity index (χ2v) is 6.53. The molecule has 0 bridgehead atoms. The molecule has 3 heterocycles. The van der Waals surface area contributed by atoms with Crippen LogP contribution in [0.3, 0.4) is 0 Å². The minimum Gasteiger partial charge on any atom is -0.345 e. The zero-order valence-corrected chi connectivity index (χ0v) is 14.7. The summed E-state index contributed by atoms with van der Waals surface area (Å²) in [7, 11) is 0. The van der Waals surface area contributed by atoms with Gasteiger partial charge in [0.1, 0.15) is 0 Å². The van der Waals surface area contributed by atoms with Gasteiger partial charge in [-0.05, 0) is 12.1 Å². The molecule has 7 heteroatoms. The van der Waals surface area contributed by atoms with Crippen molar-refractivity contribution in [2.75, 3.05) is 0 Å². The Morgan fingerprint density at radius 2 is 1.74 bits per heavy atom. The standard InChI is InChI=1S/C20H12ClN5O/c21-14-9-12(8-13-10-23-26-16(13)14)18-17(11-4-2-1-3-5-11)25-20-19(24-18)15(27)6-7-22-20/h1-10H,(H,23,26)(H,22,25,27). The van der Waals surface area contributed by atoms with Crippen molar-refractivity contribution in [3.05, 3.63) is 76.2 Å². The van der Waals surface area contributed by atoms with Crippen molar-refractivity contribution in [2.24, 2.45) is 0 Å². The normalized spacial score (nSPS) is 11.3. The molecule has 3 aromatic heterocycles. The minimum atomic E-state index is -0.187. The lowest BCUT2D eigenvalue weighted by atomic mass is 10.0. The van der Waals surface area contributed by atoms with E-state index >= 15 is 0 Å². The van der Waals surface area contributed by atoms with Crippen molar-refractivity contribution in [1.82, 2.24) is 25.1 Å². The Bertz CT molecular complexity index is 1360. The maximum atomic E-state index is 12.3. The van der Waals surface area contributed by atoms with E-state index in [0.717, 1.165) is 22.0 Å². The molecule has 0 aliphatic rings. The van der Waals surface area contributed by atoms with Crippen molar-refractivity contribution in [1.29, 1.82) is 0 Å². The highest BCUT2D eigenvalue weighted by molar-refractivity contribution is 6.35. The average molecular weight is 374 g/mol. The number of rotatable bonds is 2. The van der Waals surface area contributed by atoms with Crippen LogP contribution in [0.25, 0.3) is 44.6 Å². The van der Waals surface area contributed by atoms with Crippen molar-refractivity contribution < 1.29 is 0 Å². The molecule has 0 spiro atoms. The van der Waals surface area contributed by atoms with Gasteiger partial charge in [0.2, 0.25) is 5.43 Å². The molecule has 5 rings (SSSR count). The second-order valence-electron chi connectivity index (χ2n) is 6.12. The molecule has 27 heavy (non-hydrogen) atoms. The number of benzene rings is 2. The maximum Gasteiger partial charge on any atom is 0.209 e. The summed E-state index contributed by atoms with van der Waals surface area (Å²) in [4.78, 5) is 24.6. The molecule has 0 aliphatic carbocycles. The molecule has 0 amide bonds. The number of pyridine rings is 1. The highest BCUT2D eigenvalue weighted by atomic mass is 35.5. The molecular formula is C20H12ClN5O. The van der Waals surface area contributed by atoms with E-state index in [1.807, 2.05) is 42.5 Å². The summed E-state index contributed by atoms with van der Waals surface area (Å²) >= 11 is 6.41. The number of nitrogens with zero attached hydrogens (tertiary/aromatic N) is 3. The fourth-order valence-electron chi connectivity index (χ4n) is 3.13. The number of hydrogen-bond acceptors (Lipinski definition) is 4. The number of fused-ring (bicyclic) bond motifs is 2. The number of aromatic amines is 2. The molecule has 0 saturated heterocycles. The number of H-pyrrole nitrogens is 2. The van der Waals surface area contributed by atoms with Crippen LogP contribution >= 0.6 is 11.6 Å². The predicted molar refractivity (Wildman–Crippen MR) is 106 cm³/mol. The lowest BCUT2D eigenvalue weighted by Crippen LogP contribution is -2.06. The van der Waals surface area contributed by atoms with Gasteiger partial charge in [-0.3, -0.25) is 9.89 Å². The Morgan fingerprint density at radius 1 is 0.926 bits per heavy atom. The zero-order valence-electron chi connectivity index (χ0n) is 13.9. The lowest BCUT2D eigenvalue weighted by Gasteiger charge is -2.11. The molecular weight excluding hydrogens is 362 g/mol. The smallest absolute Gasteiger partial charge is 0.209 e. The lowest BCUT2D eigenvalue weighted by molar-refractivity contribution is 1.12. The highest BCUT2D eigenvalue weighted by Gasteiger charge is 2.16. The van der Waals surface area contributed by atoms with Crippen LogP contribution in [0.2, 0.25) is 5.02 Å². The van der Waals surface area contributed by atoms with Gasteiger partial charge in [-0.15, -0.1) is 0 Å². The summed E-state index contributed by atoms with van der Waals surface area (Å²) in [5.74, 6) is 0. The fraction of sp³-hybridized carbons (Fsp3) is 0. The molecule has 0 unspecified atom stereocenters. The van der Waals surface area contributed by atoms with Crippen LogP contribution in [0.1, 0.15) is 0 Å². The first-order chi connectivity index (χ1) is 13.2. The van der Waals surface area contributed by atoms with E-state index in [2.05, 4.69) is 20.2 Å². The van der Waals surface area contributed by atoms with E-state index in [4.69, 9.17) is 16.6 Å². The molecule has 0 saturated carbocycles. The number of halogens is 1. The van der Waals surface area contributed by atoms with E-state index in [1.54, 1.807) is 12.4 Å². The van der Waals surface area contributed by atoms with Gasteiger partial charge in [0.15, 0.2) is 11.2 Å². The van der Waals surface area contributed by atoms with Gasteiger partial charge in [-0.25, -0.2) is 9.97 Å². The van der Waals surface area contributed by atoms with Crippen LogP contribution in [0.4, 0.5) is 0 Å². The number of nitrogens with one attached hydrogen (secondary N) is 2. The van der Waals surface area contributed by atoms with Gasteiger partial charge in [0, 0.05) is 28.8 Å². The first-order valence-electron chi connectivity index (χ1n) is 8.28. The van der Waals surface area contributed by atoms with Crippen LogP contribution in [0, 0.1) is 0 Å². The summed E-state index contributed by atoms with van der Waals surface area (Å²) < 4.78 is 0. The van der Waals surface area contributed by atoms with E-state index < -0.39 is 0 Å². The molecule has 2 N–H and O–H groups in total. The summed E-state index contributed by atoms with van der Waals surface area (Å²) in [6.45, 7) is 0. The fourth-order valence-corrected chi connectivity index (χ4v) is 3.40. The summed E-state index contributed by atoms with van der Waals surface area (Å²) in [5.41, 5.74) is 4.23. The largest absolute Gasteiger partial charge is 0.345 e. The number of hydrogen-bond donors (Lipinski definition) is 2. The van der Waals surface area contributed by atoms with Gasteiger partial charge in [-0.1, -0.05) is 41.9 Å². The molecule has 0 atom stereocenters. The van der Waals surface area contributed by atoms with Gasteiger partial charge in [-0.2, -0.15) is 5.10 Å². The molecule has 130 valence electrons. The number of aromatic nitrogens is 5. The molecule has 0 aliphatic heterocycles. The second kappa shape index (κ2) is 6.03. The molecule has 6 nitrogen and oxygen atoms in total. The Labute approximate surface area is 157 Å². The third-order valence-electron chi connectivity index (χ3n) is 4.41. The van der Waals surface area contributed by atoms with Gasteiger partial charge in [0.05, 0.1) is 28.1 Å². The van der Waals surface area contributed by atoms with Crippen LogP contribution in [-0.2, 0) is 0 Å². The minimum absolute atomic E-state index is 0.187. The first-order valence-corrected chi connectivity index (χ1v) is 8.66. The third kappa shape index (κ3) is 2.58. The zero-order chi connectivity index (χ0) is 18.4. The Morgan fingerprint density at radius 3 is 2.59 bits per heavy atom. The van der Waals surface area contributed by atoms with E-state index in [-0.39, 0.29) is 10.9 Å². The summed E-state index contributed by atoms with van der Waals surface area (Å²) in [5, 5.41) is 8.31. The highest BCUT2D eigenvalue weighted by Crippen LogP contribution is 2.34. The van der Waals surface area contributed by atoms with Crippen LogP contribution in [-0.4, -0.2) is 25.1 Å². The predicted octanol–water partition coefficient (Wildman–Crippen LogP) is 4.18. The van der Waals surface area contributed by atoms with E-state index in [0.29, 0.717) is 22.1 Å². The van der Waals surface area contributed by atoms with Gasteiger partial charge >= 0.3 is 0 Å². The van der Waals surface area contributed by atoms with Gasteiger partial charge < -0.3 is 4.98 Å². The Hall–Kier alpha value is -3.51. The quantitative estimate of drug-likeness (QED) is 0.486. The molecule has 0 fully saturated rings. The average Bonchev–Trinajstić information content (AvgIpc) is 3.17. The van der Waals surface area contributed by atoms with Crippen molar-refractivity contribution in [3.63, 3.8) is 0 Å². The summed E-state index contributed by atoms with van der Waals surface area (Å²) in [6, 6.07) is 14.9. The van der Waals surface area contributed by atoms with Crippen molar-refractivity contribution in [2.45, 2.75) is 0 Å². The Balaban J connectivity index is 1.88. The van der Waals surface area contributed by atoms with Gasteiger partial charge in [0.25, 0.3) is 0 Å². The van der Waals surface area contributed by atoms with E-state index in [9.17, 15) is 4.79 Å². The van der Waals surface area contributed by atoms with Crippen molar-refractivity contribution in [3.8, 4) is 22.5 Å². The molecule has 0 radical (unpaired) electrons. The summed E-state index contributed by atoms with van der Waals surface area (Å²) in [6.07, 6.45) is 3.27. The molecule has 5 aromatic rings. The topological polar surface area (TPSA) is 87.3 Å². The van der Waals surface area contributed by atoms with Crippen LogP contribution < -0.4 is 5.43 Å². The monoisotopic (exact) mass is 373 g/mol. The third-order valence-corrected chi connectivity index (χ3v) is 4.70. The molecule has 2 aromatic carbocycles.